The van der Waals surface area contributed by atoms with Crippen molar-refractivity contribution in [3.05, 3.63) is 17.4 Å². The molecule has 1 aromatic heterocycles. The average Bonchev–Trinajstić information content (AvgIpc) is 2.29. The number of piperazine rings is 1. The second kappa shape index (κ2) is 4.77. The molecule has 2 heterocycles. The van der Waals surface area contributed by atoms with E-state index in [-0.39, 0.29) is 0 Å². The Morgan fingerprint density at radius 2 is 2.07 bits per heavy atom. The van der Waals surface area contributed by atoms with E-state index in [0.717, 1.165) is 38.4 Å². The van der Waals surface area contributed by atoms with Crippen molar-refractivity contribution in [3.63, 3.8) is 0 Å². The van der Waals surface area contributed by atoms with Crippen molar-refractivity contribution in [3.8, 4) is 0 Å². The molecule has 1 aliphatic rings. The van der Waals surface area contributed by atoms with Crippen LogP contribution in [0.4, 0.5) is 5.69 Å². The van der Waals surface area contributed by atoms with Crippen LogP contribution < -0.4 is 4.90 Å². The van der Waals surface area contributed by atoms with Crippen LogP contribution in [0, 0.1) is 0 Å². The molecule has 15 heavy (non-hydrogen) atoms. The van der Waals surface area contributed by atoms with Crippen molar-refractivity contribution < 1.29 is 0 Å². The van der Waals surface area contributed by atoms with Gasteiger partial charge in [0.05, 0.1) is 11.9 Å². The lowest BCUT2D eigenvalue weighted by Gasteiger charge is -2.35. The van der Waals surface area contributed by atoms with Crippen LogP contribution in [0.15, 0.2) is 12.3 Å². The molecule has 0 bridgehead atoms. The van der Waals surface area contributed by atoms with Gasteiger partial charge in [-0.3, -0.25) is 0 Å². The van der Waals surface area contributed by atoms with Crippen LogP contribution in [0.3, 0.4) is 0 Å². The maximum absolute atomic E-state index is 5.81. The zero-order chi connectivity index (χ0) is 10.7. The lowest BCUT2D eigenvalue weighted by atomic mass is 10.3. The van der Waals surface area contributed by atoms with Gasteiger partial charge in [-0.15, -0.1) is 5.10 Å². The molecule has 0 aliphatic carbocycles. The van der Waals surface area contributed by atoms with E-state index >= 15 is 0 Å². The van der Waals surface area contributed by atoms with Gasteiger partial charge in [-0.1, -0.05) is 18.5 Å². The Bertz CT molecular complexity index is 323. The van der Waals surface area contributed by atoms with E-state index < -0.39 is 0 Å². The summed E-state index contributed by atoms with van der Waals surface area (Å²) < 4.78 is 0. The van der Waals surface area contributed by atoms with Gasteiger partial charge in [0.25, 0.3) is 0 Å². The SMILES string of the molecule is CCN1CCN(c2cnnc(Cl)c2)CC1. The smallest absolute Gasteiger partial charge is 0.153 e. The monoisotopic (exact) mass is 226 g/mol. The minimum atomic E-state index is 0.463. The maximum Gasteiger partial charge on any atom is 0.153 e. The van der Waals surface area contributed by atoms with E-state index in [1.807, 2.05) is 6.07 Å². The highest BCUT2D eigenvalue weighted by Crippen LogP contribution is 2.17. The minimum absolute atomic E-state index is 0.463. The Morgan fingerprint density at radius 1 is 1.33 bits per heavy atom. The fourth-order valence-corrected chi connectivity index (χ4v) is 1.98. The van der Waals surface area contributed by atoms with Gasteiger partial charge in [-0.2, -0.15) is 5.10 Å². The zero-order valence-corrected chi connectivity index (χ0v) is 9.61. The summed E-state index contributed by atoms with van der Waals surface area (Å²) in [5, 5.41) is 8.07. The Morgan fingerprint density at radius 3 is 2.67 bits per heavy atom. The average molecular weight is 227 g/mol. The Balaban J connectivity index is 2.01. The number of hydrogen-bond acceptors (Lipinski definition) is 4. The first-order valence-corrected chi connectivity index (χ1v) is 5.63. The molecule has 2 rings (SSSR count). The normalized spacial score (nSPS) is 18.1. The van der Waals surface area contributed by atoms with E-state index in [4.69, 9.17) is 11.6 Å². The van der Waals surface area contributed by atoms with Gasteiger partial charge in [-0.05, 0) is 6.54 Å². The number of likely N-dealkylation sites (N-methyl/N-ethyl adjacent to an activating group) is 1. The molecule has 0 aromatic carbocycles. The second-order valence-corrected chi connectivity index (χ2v) is 4.05. The van der Waals surface area contributed by atoms with Crippen molar-refractivity contribution in [2.75, 3.05) is 37.6 Å². The summed E-state index contributed by atoms with van der Waals surface area (Å²) in [6.07, 6.45) is 1.77. The van der Waals surface area contributed by atoms with E-state index in [9.17, 15) is 0 Å². The van der Waals surface area contributed by atoms with Gasteiger partial charge in [0.1, 0.15) is 0 Å². The van der Waals surface area contributed by atoms with Gasteiger partial charge in [0.2, 0.25) is 0 Å². The Labute approximate surface area is 94.8 Å². The quantitative estimate of drug-likeness (QED) is 0.761. The second-order valence-electron chi connectivity index (χ2n) is 3.66. The first kappa shape index (κ1) is 10.6. The molecule has 0 N–H and O–H groups in total. The molecule has 5 heteroatoms. The first-order valence-electron chi connectivity index (χ1n) is 5.25. The number of aromatic nitrogens is 2. The molecule has 0 radical (unpaired) electrons. The van der Waals surface area contributed by atoms with E-state index in [1.165, 1.54) is 0 Å². The van der Waals surface area contributed by atoms with E-state index in [0.29, 0.717) is 5.15 Å². The lowest BCUT2D eigenvalue weighted by molar-refractivity contribution is 0.271. The van der Waals surface area contributed by atoms with Gasteiger partial charge in [0, 0.05) is 32.2 Å². The molecule has 0 unspecified atom stereocenters. The molecule has 82 valence electrons. The topological polar surface area (TPSA) is 32.3 Å². The van der Waals surface area contributed by atoms with Crippen LogP contribution in [-0.4, -0.2) is 47.8 Å². The van der Waals surface area contributed by atoms with Crippen LogP contribution in [0.2, 0.25) is 5.15 Å². The third-order valence-corrected chi connectivity index (χ3v) is 2.98. The Kier molecular flexibility index (Phi) is 3.38. The molecule has 1 saturated heterocycles. The van der Waals surface area contributed by atoms with Crippen LogP contribution in [0.1, 0.15) is 6.92 Å². The maximum atomic E-state index is 5.81. The van der Waals surface area contributed by atoms with Gasteiger partial charge in [0.15, 0.2) is 5.15 Å². The fourth-order valence-electron chi connectivity index (χ4n) is 1.83. The van der Waals surface area contributed by atoms with Crippen molar-refractivity contribution in [1.82, 2.24) is 15.1 Å². The van der Waals surface area contributed by atoms with Gasteiger partial charge < -0.3 is 9.80 Å². The Hall–Kier alpha value is -0.870. The summed E-state index contributed by atoms with van der Waals surface area (Å²) in [6.45, 7) is 7.61. The molecule has 4 nitrogen and oxygen atoms in total. The van der Waals surface area contributed by atoms with Crippen LogP contribution >= 0.6 is 11.6 Å². The van der Waals surface area contributed by atoms with Gasteiger partial charge >= 0.3 is 0 Å². The third kappa shape index (κ3) is 2.58. The molecular formula is C10H15ClN4. The summed E-state index contributed by atoms with van der Waals surface area (Å²) in [5.74, 6) is 0. The predicted octanol–water partition coefficient (Wildman–Crippen LogP) is 1.27. The molecule has 1 aromatic rings. The number of anilines is 1. The summed E-state index contributed by atoms with van der Waals surface area (Å²) in [7, 11) is 0. The summed E-state index contributed by atoms with van der Waals surface area (Å²) in [6, 6.07) is 1.87. The number of halogens is 1. The number of hydrogen-bond donors (Lipinski definition) is 0. The molecule has 0 amide bonds. The molecule has 0 atom stereocenters. The largest absolute Gasteiger partial charge is 0.368 e. The van der Waals surface area contributed by atoms with Crippen molar-refractivity contribution in [2.24, 2.45) is 0 Å². The molecule has 1 fully saturated rings. The van der Waals surface area contributed by atoms with Crippen molar-refractivity contribution >= 4 is 17.3 Å². The lowest BCUT2D eigenvalue weighted by Crippen LogP contribution is -2.46. The van der Waals surface area contributed by atoms with Crippen molar-refractivity contribution in [2.45, 2.75) is 6.92 Å². The zero-order valence-electron chi connectivity index (χ0n) is 8.86. The van der Waals surface area contributed by atoms with Gasteiger partial charge in [-0.25, -0.2) is 0 Å². The van der Waals surface area contributed by atoms with Crippen LogP contribution in [0.5, 0.6) is 0 Å². The summed E-state index contributed by atoms with van der Waals surface area (Å²) in [5.41, 5.74) is 1.07. The number of nitrogens with zero attached hydrogens (tertiary/aromatic N) is 4. The van der Waals surface area contributed by atoms with Crippen LogP contribution in [-0.2, 0) is 0 Å². The molecule has 0 saturated carbocycles. The molecular weight excluding hydrogens is 212 g/mol. The standard InChI is InChI=1S/C10H15ClN4/c1-2-14-3-5-15(6-4-14)9-7-10(11)13-12-8-9/h7-8H,2-6H2,1H3. The van der Waals surface area contributed by atoms with E-state index in [2.05, 4.69) is 26.9 Å². The van der Waals surface area contributed by atoms with Crippen molar-refractivity contribution in [1.29, 1.82) is 0 Å². The first-order chi connectivity index (χ1) is 7.29. The molecule has 1 aliphatic heterocycles. The predicted molar refractivity (Wildman–Crippen MR) is 61.4 cm³/mol. The highest BCUT2D eigenvalue weighted by atomic mass is 35.5. The third-order valence-electron chi connectivity index (χ3n) is 2.79. The highest BCUT2D eigenvalue weighted by molar-refractivity contribution is 6.29. The minimum Gasteiger partial charge on any atom is -0.368 e. The summed E-state index contributed by atoms with van der Waals surface area (Å²) >= 11 is 5.81. The fraction of sp³-hybridized carbons (Fsp3) is 0.600. The number of rotatable bonds is 2. The molecule has 0 spiro atoms. The van der Waals surface area contributed by atoms with Crippen LogP contribution in [0.25, 0.3) is 0 Å². The summed E-state index contributed by atoms with van der Waals surface area (Å²) in [4.78, 5) is 4.74. The van der Waals surface area contributed by atoms with E-state index in [1.54, 1.807) is 6.20 Å². The highest BCUT2D eigenvalue weighted by Gasteiger charge is 2.16.